The molecule has 0 radical (unpaired) electrons. The number of nitrogens with zero attached hydrogens (tertiary/aromatic N) is 8. The average Bonchev–Trinajstić information content (AvgIpc) is 3.19. The first kappa shape index (κ1) is 46.6. The lowest BCUT2D eigenvalue weighted by molar-refractivity contribution is -0.373. The van der Waals surface area contributed by atoms with Gasteiger partial charge in [-0.3, -0.25) is 0 Å². The summed E-state index contributed by atoms with van der Waals surface area (Å²) in [6, 6.07) is 16.1. The number of hydrogen-bond acceptors (Lipinski definition) is 19. The molecule has 2 heterocycles. The fourth-order valence-corrected chi connectivity index (χ4v) is 5.58. The molecule has 2 aliphatic heterocycles. The summed E-state index contributed by atoms with van der Waals surface area (Å²) in [6.07, 6.45) is -10.6. The lowest BCUT2D eigenvalue weighted by atomic mass is 9.96. The van der Waals surface area contributed by atoms with Crippen LogP contribution in [0.4, 0.5) is 0 Å². The van der Waals surface area contributed by atoms with Crippen molar-refractivity contribution < 1.29 is 52.1 Å². The van der Waals surface area contributed by atoms with Crippen molar-refractivity contribution in [2.45, 2.75) is 113 Å². The van der Waals surface area contributed by atoms with Gasteiger partial charge in [0.1, 0.15) is 48.8 Å². The minimum absolute atomic E-state index is 0.00147. The van der Waals surface area contributed by atoms with Crippen LogP contribution in [0.2, 0.25) is 0 Å². The standard InChI is InChI=1S/C36H46N8O11/c37-9-1-17-45-25-27-29(47-19-3-11-39)31(48-20-4-12-40)34(51-23-7-15-43)36(54-27)55-30-28(26-46-18-2-10-38)53-35(52-24-8-16-44)33(50-22-6-14-42)32(30)49-21-5-13-41/h27-36H,1-8,17-26H2/t27?,28?,29?,30-,31?,32?,33?,34?,35?,36-/m0/s1. The summed E-state index contributed by atoms with van der Waals surface area (Å²) in [5.74, 6) is 0. The highest BCUT2D eigenvalue weighted by Crippen LogP contribution is 2.35. The largest absolute Gasteiger partial charge is 0.378 e. The summed E-state index contributed by atoms with van der Waals surface area (Å²) in [6.45, 7) is -0.487. The second-order valence-corrected chi connectivity index (χ2v) is 11.6. The predicted molar refractivity (Wildman–Crippen MR) is 180 cm³/mol. The van der Waals surface area contributed by atoms with Gasteiger partial charge in [-0.1, -0.05) is 0 Å². The molecule has 0 N–H and O–H groups in total. The number of hydrogen-bond donors (Lipinski definition) is 0. The van der Waals surface area contributed by atoms with E-state index in [1.165, 1.54) is 0 Å². The van der Waals surface area contributed by atoms with Crippen molar-refractivity contribution >= 4 is 0 Å². The maximum absolute atomic E-state index is 9.36. The van der Waals surface area contributed by atoms with E-state index >= 15 is 0 Å². The Balaban J connectivity index is 2.69. The van der Waals surface area contributed by atoms with Crippen LogP contribution >= 0.6 is 0 Å². The van der Waals surface area contributed by atoms with E-state index < -0.39 is 61.4 Å². The molecule has 0 aromatic heterocycles. The number of nitriles is 8. The first-order chi connectivity index (χ1) is 27.0. The maximum Gasteiger partial charge on any atom is 0.187 e. The molecule has 0 bridgehead atoms. The molecular weight excluding hydrogens is 720 g/mol. The molecule has 0 saturated carbocycles. The van der Waals surface area contributed by atoms with Crippen LogP contribution in [-0.4, -0.2) is 127 Å². The van der Waals surface area contributed by atoms with Crippen LogP contribution in [0.15, 0.2) is 0 Å². The molecule has 0 aliphatic carbocycles. The van der Waals surface area contributed by atoms with E-state index in [4.69, 9.17) is 62.6 Å². The van der Waals surface area contributed by atoms with E-state index in [1.807, 2.05) is 48.6 Å². The van der Waals surface area contributed by atoms with Gasteiger partial charge in [0.05, 0.1) is 166 Å². The van der Waals surface area contributed by atoms with E-state index in [0.717, 1.165) is 0 Å². The summed E-state index contributed by atoms with van der Waals surface area (Å²) in [5, 5.41) is 73.9. The topological polar surface area (TPSA) is 292 Å². The van der Waals surface area contributed by atoms with E-state index in [0.29, 0.717) is 0 Å². The summed E-state index contributed by atoms with van der Waals surface area (Å²) in [5.41, 5.74) is 0. The Bertz CT molecular complexity index is 1440. The second kappa shape index (κ2) is 29.8. The van der Waals surface area contributed by atoms with Gasteiger partial charge in [-0.25, -0.2) is 0 Å². The average molecular weight is 767 g/mol. The van der Waals surface area contributed by atoms with Crippen molar-refractivity contribution in [2.75, 3.05) is 66.1 Å². The second-order valence-electron chi connectivity index (χ2n) is 11.6. The monoisotopic (exact) mass is 766 g/mol. The zero-order chi connectivity index (χ0) is 39.9. The predicted octanol–water partition coefficient (Wildman–Crippen LogP) is 2.11. The van der Waals surface area contributed by atoms with Gasteiger partial charge in [-0.05, 0) is 0 Å². The molecule has 2 aliphatic rings. The fourth-order valence-electron chi connectivity index (χ4n) is 5.58. The van der Waals surface area contributed by atoms with E-state index in [2.05, 4.69) is 0 Å². The Morgan fingerprint density at radius 2 is 0.636 bits per heavy atom. The zero-order valence-electron chi connectivity index (χ0n) is 30.6. The van der Waals surface area contributed by atoms with Gasteiger partial charge in [0.2, 0.25) is 0 Å². The fraction of sp³-hybridized carbons (Fsp3) is 0.778. The molecule has 0 aromatic rings. The van der Waals surface area contributed by atoms with Gasteiger partial charge in [-0.2, -0.15) is 42.1 Å². The normalized spacial score (nSPS) is 27.1. The Morgan fingerprint density at radius 1 is 0.327 bits per heavy atom. The first-order valence-corrected chi connectivity index (χ1v) is 17.8. The molecule has 10 atom stereocenters. The minimum Gasteiger partial charge on any atom is -0.378 e. The van der Waals surface area contributed by atoms with E-state index in [1.54, 1.807) is 0 Å². The summed E-state index contributed by atoms with van der Waals surface area (Å²) in [4.78, 5) is 0. The molecule has 0 aromatic carbocycles. The molecule has 19 heteroatoms. The number of ether oxygens (including phenoxy) is 11. The summed E-state index contributed by atoms with van der Waals surface area (Å²) < 4.78 is 68.0. The molecule has 2 rings (SSSR count). The summed E-state index contributed by atoms with van der Waals surface area (Å²) >= 11 is 0. The van der Waals surface area contributed by atoms with Crippen LogP contribution in [0.3, 0.4) is 0 Å². The van der Waals surface area contributed by atoms with E-state index in [-0.39, 0.29) is 117 Å². The first-order valence-electron chi connectivity index (χ1n) is 17.8. The van der Waals surface area contributed by atoms with E-state index in [9.17, 15) is 31.6 Å². The molecule has 2 fully saturated rings. The Morgan fingerprint density at radius 3 is 1.07 bits per heavy atom. The van der Waals surface area contributed by atoms with Crippen LogP contribution in [0.1, 0.15) is 51.4 Å². The highest BCUT2D eigenvalue weighted by Gasteiger charge is 2.54. The summed E-state index contributed by atoms with van der Waals surface area (Å²) in [7, 11) is 0. The number of rotatable bonds is 28. The molecule has 0 amide bonds. The van der Waals surface area contributed by atoms with Crippen LogP contribution in [0, 0.1) is 90.6 Å². The highest BCUT2D eigenvalue weighted by atomic mass is 16.8. The molecule has 55 heavy (non-hydrogen) atoms. The van der Waals surface area contributed by atoms with Crippen molar-refractivity contribution in [2.24, 2.45) is 0 Å². The van der Waals surface area contributed by atoms with Crippen LogP contribution in [0.25, 0.3) is 0 Å². The molecule has 8 unspecified atom stereocenters. The molecule has 0 spiro atoms. The van der Waals surface area contributed by atoms with Gasteiger partial charge in [0.15, 0.2) is 12.6 Å². The third-order valence-electron chi connectivity index (χ3n) is 7.87. The van der Waals surface area contributed by atoms with Gasteiger partial charge in [0.25, 0.3) is 0 Å². The minimum atomic E-state index is -1.35. The van der Waals surface area contributed by atoms with Crippen molar-refractivity contribution in [3.05, 3.63) is 0 Å². The SMILES string of the molecule is N#CCCOCC1O[C@@H](O[C@H]2C(COCCC#N)OC(OCCC#N)C(OCCC#N)C2OCCC#N)C(OCCC#N)C(OCCC#N)C1OCCC#N. The Hall–Kier alpha value is -4.52. The third kappa shape index (κ3) is 16.8. The Labute approximate surface area is 321 Å². The van der Waals surface area contributed by atoms with Gasteiger partial charge in [-0.15, -0.1) is 0 Å². The zero-order valence-corrected chi connectivity index (χ0v) is 30.6. The van der Waals surface area contributed by atoms with Gasteiger partial charge in [0, 0.05) is 0 Å². The quantitative estimate of drug-likeness (QED) is 0.103. The van der Waals surface area contributed by atoms with Crippen LogP contribution in [0.5, 0.6) is 0 Å². The molecule has 2 saturated heterocycles. The van der Waals surface area contributed by atoms with Crippen molar-refractivity contribution in [1.29, 1.82) is 42.1 Å². The molecule has 19 nitrogen and oxygen atoms in total. The molecule has 296 valence electrons. The van der Waals surface area contributed by atoms with Crippen LogP contribution < -0.4 is 0 Å². The lowest BCUT2D eigenvalue weighted by Gasteiger charge is -2.50. The highest BCUT2D eigenvalue weighted by molar-refractivity contribution is 4.98. The maximum atomic E-state index is 9.36. The van der Waals surface area contributed by atoms with Crippen molar-refractivity contribution in [3.63, 3.8) is 0 Å². The molecular formula is C36H46N8O11. The smallest absolute Gasteiger partial charge is 0.187 e. The lowest BCUT2D eigenvalue weighted by Crippen LogP contribution is -2.66. The Kier molecular flexibility index (Phi) is 25.3. The van der Waals surface area contributed by atoms with Gasteiger partial charge < -0.3 is 52.1 Å². The van der Waals surface area contributed by atoms with Crippen LogP contribution in [-0.2, 0) is 52.1 Å². The van der Waals surface area contributed by atoms with Crippen molar-refractivity contribution in [1.82, 2.24) is 0 Å². The third-order valence-corrected chi connectivity index (χ3v) is 7.87. The van der Waals surface area contributed by atoms with Crippen molar-refractivity contribution in [3.8, 4) is 48.6 Å². The van der Waals surface area contributed by atoms with Gasteiger partial charge >= 0.3 is 0 Å².